The van der Waals surface area contributed by atoms with Gasteiger partial charge in [-0.3, -0.25) is 9.69 Å². The zero-order chi connectivity index (χ0) is 15.2. The molecule has 21 heavy (non-hydrogen) atoms. The van der Waals surface area contributed by atoms with Crippen molar-refractivity contribution in [3.8, 4) is 0 Å². The highest BCUT2D eigenvalue weighted by molar-refractivity contribution is 7.99. The molecule has 5 heteroatoms. The Hall–Kier alpha value is -0.260. The minimum Gasteiger partial charge on any atom is -0.376 e. The Bertz CT molecular complexity index is 324. The summed E-state index contributed by atoms with van der Waals surface area (Å²) in [5.74, 6) is 2.50. The molecule has 2 fully saturated rings. The van der Waals surface area contributed by atoms with Gasteiger partial charge in [-0.05, 0) is 46.5 Å². The highest BCUT2D eigenvalue weighted by Gasteiger charge is 2.27. The van der Waals surface area contributed by atoms with Gasteiger partial charge in [-0.15, -0.1) is 0 Å². The lowest BCUT2D eigenvalue weighted by Crippen LogP contribution is -2.51. The molecule has 0 aromatic heterocycles. The number of hydrogen-bond donors (Lipinski definition) is 1. The maximum atomic E-state index is 12.4. The molecule has 1 amide bonds. The van der Waals surface area contributed by atoms with Crippen LogP contribution >= 0.6 is 11.8 Å². The third-order valence-electron chi connectivity index (χ3n) is 4.46. The number of amides is 1. The average molecular weight is 314 g/mol. The summed E-state index contributed by atoms with van der Waals surface area (Å²) in [4.78, 5) is 14.7. The zero-order valence-corrected chi connectivity index (χ0v) is 14.5. The van der Waals surface area contributed by atoms with Crippen molar-refractivity contribution in [1.29, 1.82) is 0 Å². The smallest absolute Gasteiger partial charge is 0.237 e. The molecule has 0 aromatic rings. The van der Waals surface area contributed by atoms with Crippen molar-refractivity contribution in [3.63, 3.8) is 0 Å². The van der Waals surface area contributed by atoms with Crippen LogP contribution in [0.3, 0.4) is 0 Å². The van der Waals surface area contributed by atoms with Gasteiger partial charge in [-0.2, -0.15) is 11.8 Å². The summed E-state index contributed by atoms with van der Waals surface area (Å²) < 4.78 is 5.86. The molecule has 0 bridgehead atoms. The standard InChI is InChI=1S/C16H30N2O2S/c1-12(2)20-15-6-4-14(5-7-15)17-16(19)13(3)18-8-10-21-11-9-18/h12-15H,4-11H2,1-3H3,(H,17,19)/t13-,14?,15?/m0/s1. The van der Waals surface area contributed by atoms with Gasteiger partial charge in [0.25, 0.3) is 0 Å². The minimum atomic E-state index is 0.00976. The molecule has 2 aliphatic rings. The second-order valence-electron chi connectivity index (χ2n) is 6.49. The first-order chi connectivity index (χ1) is 10.1. The predicted molar refractivity (Wildman–Crippen MR) is 88.8 cm³/mol. The largest absolute Gasteiger partial charge is 0.376 e. The molecule has 1 heterocycles. The molecular formula is C16H30N2O2S. The summed E-state index contributed by atoms with van der Waals surface area (Å²) >= 11 is 1.98. The molecule has 0 spiro atoms. The van der Waals surface area contributed by atoms with Gasteiger partial charge in [0.1, 0.15) is 0 Å². The third-order valence-corrected chi connectivity index (χ3v) is 5.40. The van der Waals surface area contributed by atoms with Gasteiger partial charge in [-0.25, -0.2) is 0 Å². The van der Waals surface area contributed by atoms with E-state index in [-0.39, 0.29) is 11.9 Å². The van der Waals surface area contributed by atoms with Gasteiger partial charge in [0.15, 0.2) is 0 Å². The van der Waals surface area contributed by atoms with Gasteiger partial charge in [-0.1, -0.05) is 0 Å². The summed E-state index contributed by atoms with van der Waals surface area (Å²) in [6.07, 6.45) is 4.92. The van der Waals surface area contributed by atoms with E-state index in [1.54, 1.807) is 0 Å². The first-order valence-corrected chi connectivity index (χ1v) is 9.49. The second-order valence-corrected chi connectivity index (χ2v) is 7.72. The zero-order valence-electron chi connectivity index (χ0n) is 13.6. The van der Waals surface area contributed by atoms with Crippen LogP contribution in [0.1, 0.15) is 46.5 Å². The Kier molecular flexibility index (Phi) is 6.83. The van der Waals surface area contributed by atoms with Crippen molar-refractivity contribution in [3.05, 3.63) is 0 Å². The molecule has 4 nitrogen and oxygen atoms in total. The van der Waals surface area contributed by atoms with Crippen LogP contribution < -0.4 is 5.32 Å². The summed E-state index contributed by atoms with van der Waals surface area (Å²) in [6.45, 7) is 8.29. The average Bonchev–Trinajstić information content (AvgIpc) is 2.49. The van der Waals surface area contributed by atoms with Crippen LogP contribution in [0.2, 0.25) is 0 Å². The van der Waals surface area contributed by atoms with Crippen molar-refractivity contribution in [1.82, 2.24) is 10.2 Å². The lowest BCUT2D eigenvalue weighted by atomic mass is 9.92. The Morgan fingerprint density at radius 1 is 1.14 bits per heavy atom. The maximum absolute atomic E-state index is 12.4. The Labute approximate surface area is 133 Å². The molecule has 1 saturated carbocycles. The van der Waals surface area contributed by atoms with Crippen LogP contribution in [0.4, 0.5) is 0 Å². The maximum Gasteiger partial charge on any atom is 0.237 e. The van der Waals surface area contributed by atoms with Gasteiger partial charge < -0.3 is 10.1 Å². The highest BCUT2D eigenvalue weighted by Crippen LogP contribution is 2.22. The molecular weight excluding hydrogens is 284 g/mol. The fourth-order valence-electron chi connectivity index (χ4n) is 3.18. The van der Waals surface area contributed by atoms with E-state index in [1.807, 2.05) is 18.7 Å². The van der Waals surface area contributed by atoms with Crippen molar-refractivity contribution in [2.24, 2.45) is 0 Å². The molecule has 1 atom stereocenters. The monoisotopic (exact) mass is 314 g/mol. The molecule has 0 aromatic carbocycles. The topological polar surface area (TPSA) is 41.6 Å². The lowest BCUT2D eigenvalue weighted by molar-refractivity contribution is -0.127. The van der Waals surface area contributed by atoms with Gasteiger partial charge >= 0.3 is 0 Å². The van der Waals surface area contributed by atoms with Crippen molar-refractivity contribution < 1.29 is 9.53 Å². The molecule has 1 aliphatic carbocycles. The van der Waals surface area contributed by atoms with Crippen molar-refractivity contribution in [2.45, 2.75) is 70.7 Å². The number of carbonyl (C=O) groups excluding carboxylic acids is 1. The highest BCUT2D eigenvalue weighted by atomic mass is 32.2. The molecule has 0 radical (unpaired) electrons. The normalized spacial score (nSPS) is 29.3. The van der Waals surface area contributed by atoms with E-state index < -0.39 is 0 Å². The van der Waals surface area contributed by atoms with Gasteiger partial charge in [0, 0.05) is 30.6 Å². The van der Waals surface area contributed by atoms with Crippen molar-refractivity contribution in [2.75, 3.05) is 24.6 Å². The first-order valence-electron chi connectivity index (χ1n) is 8.34. The molecule has 1 N–H and O–H groups in total. The van der Waals surface area contributed by atoms with Crippen LogP contribution in [0.5, 0.6) is 0 Å². The Balaban J connectivity index is 1.71. The number of ether oxygens (including phenoxy) is 1. The number of nitrogens with zero attached hydrogens (tertiary/aromatic N) is 1. The van der Waals surface area contributed by atoms with E-state index in [4.69, 9.17) is 4.74 Å². The third kappa shape index (κ3) is 5.46. The summed E-state index contributed by atoms with van der Waals surface area (Å²) in [5.41, 5.74) is 0. The fourth-order valence-corrected chi connectivity index (χ4v) is 4.11. The predicted octanol–water partition coefficient (Wildman–Crippen LogP) is 2.28. The van der Waals surface area contributed by atoms with Gasteiger partial charge in [0.05, 0.1) is 18.2 Å². The number of hydrogen-bond acceptors (Lipinski definition) is 4. The fraction of sp³-hybridized carbons (Fsp3) is 0.938. The summed E-state index contributed by atoms with van der Waals surface area (Å²) in [6, 6.07) is 0.349. The quantitative estimate of drug-likeness (QED) is 0.845. The molecule has 2 rings (SSSR count). The molecule has 0 unspecified atom stereocenters. The van der Waals surface area contributed by atoms with E-state index in [1.165, 1.54) is 0 Å². The van der Waals surface area contributed by atoms with Crippen molar-refractivity contribution >= 4 is 17.7 Å². The van der Waals surface area contributed by atoms with Crippen LogP contribution in [0, 0.1) is 0 Å². The minimum absolute atomic E-state index is 0.00976. The van der Waals surface area contributed by atoms with E-state index in [0.717, 1.165) is 50.3 Å². The van der Waals surface area contributed by atoms with Crippen LogP contribution in [-0.2, 0) is 9.53 Å². The van der Waals surface area contributed by atoms with Crippen LogP contribution in [0.25, 0.3) is 0 Å². The summed E-state index contributed by atoms with van der Waals surface area (Å²) in [5, 5.41) is 3.25. The number of rotatable bonds is 5. The van der Waals surface area contributed by atoms with Crippen LogP contribution in [-0.4, -0.2) is 59.7 Å². The SMILES string of the molecule is CC(C)OC1CCC(NC(=O)[C@H](C)N2CCSCC2)CC1. The second kappa shape index (κ2) is 8.39. The summed E-state index contributed by atoms with van der Waals surface area (Å²) in [7, 11) is 0. The van der Waals surface area contributed by atoms with Gasteiger partial charge in [0.2, 0.25) is 5.91 Å². The van der Waals surface area contributed by atoms with E-state index in [9.17, 15) is 4.79 Å². The number of nitrogens with one attached hydrogen (secondary N) is 1. The molecule has 1 saturated heterocycles. The first kappa shape index (κ1) is 17.1. The lowest BCUT2D eigenvalue weighted by Gasteiger charge is -2.34. The molecule has 1 aliphatic heterocycles. The van der Waals surface area contributed by atoms with E-state index >= 15 is 0 Å². The molecule has 122 valence electrons. The van der Waals surface area contributed by atoms with Crippen LogP contribution in [0.15, 0.2) is 0 Å². The number of thioether (sulfide) groups is 1. The Morgan fingerprint density at radius 2 is 1.76 bits per heavy atom. The number of carbonyl (C=O) groups is 1. The van der Waals surface area contributed by atoms with E-state index in [0.29, 0.717) is 18.2 Å². The van der Waals surface area contributed by atoms with E-state index in [2.05, 4.69) is 24.1 Å². The Morgan fingerprint density at radius 3 is 2.33 bits per heavy atom.